The van der Waals surface area contributed by atoms with Crippen molar-refractivity contribution < 1.29 is 19.1 Å². The lowest BCUT2D eigenvalue weighted by Crippen LogP contribution is -2.48. The first-order valence-corrected chi connectivity index (χ1v) is 13.1. The molecule has 4 unspecified atom stereocenters. The summed E-state index contributed by atoms with van der Waals surface area (Å²) in [6, 6.07) is 30.6. The Morgan fingerprint density at radius 1 is 0.775 bits per heavy atom. The molecule has 0 spiro atoms. The molecule has 0 bridgehead atoms. The first kappa shape index (κ1) is 26.7. The molecule has 4 aromatic carbocycles. The fourth-order valence-electron chi connectivity index (χ4n) is 5.64. The second-order valence-corrected chi connectivity index (χ2v) is 9.96. The zero-order valence-electron chi connectivity index (χ0n) is 22.4. The van der Waals surface area contributed by atoms with Gasteiger partial charge in [0.2, 0.25) is 5.91 Å². The van der Waals surface area contributed by atoms with E-state index in [1.54, 1.807) is 55.6 Å². The van der Waals surface area contributed by atoms with Crippen LogP contribution in [0.1, 0.15) is 39.0 Å². The average molecular weight is 534 g/mol. The molecule has 3 amide bonds. The molecule has 0 saturated carbocycles. The minimum absolute atomic E-state index is 0.161. The molecule has 1 heterocycles. The number of ether oxygens (including phenoxy) is 1. The summed E-state index contributed by atoms with van der Waals surface area (Å²) in [7, 11) is 1.56. The van der Waals surface area contributed by atoms with Crippen molar-refractivity contribution in [3.63, 3.8) is 0 Å². The number of Topliss-reactive ketones (excluding diaryl/α,β-unsaturated/α-hetero) is 1. The van der Waals surface area contributed by atoms with Crippen LogP contribution in [0.15, 0.2) is 109 Å². The van der Waals surface area contributed by atoms with Crippen molar-refractivity contribution >= 4 is 23.4 Å². The maximum Gasteiger partial charge on any atom is 0.323 e. The number of nitrogens with zero attached hydrogens (tertiary/aromatic N) is 1. The Balaban J connectivity index is 1.68. The van der Waals surface area contributed by atoms with E-state index in [4.69, 9.17) is 10.5 Å². The molecule has 1 saturated heterocycles. The van der Waals surface area contributed by atoms with Crippen LogP contribution in [0.5, 0.6) is 5.75 Å². The highest BCUT2D eigenvalue weighted by Gasteiger charge is 2.57. The standard InChI is InChI=1S/C33H31N3O4/c1-21-13-15-23(16-14-21)29-28(31(37)24-11-7-4-8-12-24)27(22-9-5-3-6-10-22)30(32(34)38)36(29)33(39)35-25-17-19-26(40-2)20-18-25/h3-20,27-30H,1-2H3,(H2,34,38)(H,35,39). The summed E-state index contributed by atoms with van der Waals surface area (Å²) in [6.07, 6.45) is 0. The van der Waals surface area contributed by atoms with Crippen LogP contribution >= 0.6 is 0 Å². The number of anilines is 1. The van der Waals surface area contributed by atoms with E-state index in [2.05, 4.69) is 5.32 Å². The highest BCUT2D eigenvalue weighted by atomic mass is 16.5. The lowest BCUT2D eigenvalue weighted by Gasteiger charge is -2.31. The summed E-state index contributed by atoms with van der Waals surface area (Å²) in [5.74, 6) is -1.64. The van der Waals surface area contributed by atoms with Crippen LogP contribution in [0.3, 0.4) is 0 Å². The fraction of sp³-hybridized carbons (Fsp3) is 0.182. The average Bonchev–Trinajstić information content (AvgIpc) is 3.35. The first-order chi connectivity index (χ1) is 19.4. The highest BCUT2D eigenvalue weighted by Crippen LogP contribution is 2.51. The second kappa shape index (κ2) is 11.5. The minimum Gasteiger partial charge on any atom is -0.497 e. The molecule has 202 valence electrons. The number of rotatable bonds is 7. The van der Waals surface area contributed by atoms with Crippen molar-refractivity contribution in [1.29, 1.82) is 0 Å². The van der Waals surface area contributed by atoms with Gasteiger partial charge in [-0.2, -0.15) is 0 Å². The quantitative estimate of drug-likeness (QED) is 0.296. The molecule has 1 aliphatic rings. The predicted octanol–water partition coefficient (Wildman–Crippen LogP) is 5.73. The lowest BCUT2D eigenvalue weighted by molar-refractivity contribution is -0.122. The molecule has 5 rings (SSSR count). The molecule has 3 N–H and O–H groups in total. The third kappa shape index (κ3) is 5.18. The molecule has 0 aromatic heterocycles. The number of amides is 3. The number of methoxy groups -OCH3 is 1. The van der Waals surface area contributed by atoms with E-state index in [0.717, 1.165) is 16.7 Å². The number of hydrogen-bond acceptors (Lipinski definition) is 4. The monoisotopic (exact) mass is 533 g/mol. The van der Waals surface area contributed by atoms with Crippen LogP contribution in [0.25, 0.3) is 0 Å². The Morgan fingerprint density at radius 3 is 1.95 bits per heavy atom. The van der Waals surface area contributed by atoms with E-state index in [1.165, 1.54) is 4.90 Å². The minimum atomic E-state index is -1.08. The van der Waals surface area contributed by atoms with E-state index >= 15 is 0 Å². The summed E-state index contributed by atoms with van der Waals surface area (Å²) in [6.45, 7) is 1.97. The van der Waals surface area contributed by atoms with E-state index in [9.17, 15) is 14.4 Å². The summed E-state index contributed by atoms with van der Waals surface area (Å²) in [4.78, 5) is 43.1. The second-order valence-electron chi connectivity index (χ2n) is 9.96. The van der Waals surface area contributed by atoms with Crippen LogP contribution in [0.4, 0.5) is 10.5 Å². The molecule has 1 fully saturated rings. The van der Waals surface area contributed by atoms with Gasteiger partial charge in [-0.3, -0.25) is 9.59 Å². The van der Waals surface area contributed by atoms with E-state index < -0.39 is 35.9 Å². The van der Waals surface area contributed by atoms with Gasteiger partial charge in [-0.15, -0.1) is 0 Å². The number of likely N-dealkylation sites (tertiary alicyclic amines) is 1. The Hall–Kier alpha value is -4.91. The topological polar surface area (TPSA) is 102 Å². The number of aryl methyl sites for hydroxylation is 1. The third-order valence-electron chi connectivity index (χ3n) is 7.50. The summed E-state index contributed by atoms with van der Waals surface area (Å²) < 4.78 is 5.23. The number of carbonyl (C=O) groups excluding carboxylic acids is 3. The van der Waals surface area contributed by atoms with Crippen LogP contribution in [-0.2, 0) is 4.79 Å². The maximum atomic E-state index is 14.3. The number of benzene rings is 4. The maximum absolute atomic E-state index is 14.3. The molecular weight excluding hydrogens is 502 g/mol. The highest BCUT2D eigenvalue weighted by molar-refractivity contribution is 6.02. The zero-order chi connectivity index (χ0) is 28.2. The summed E-state index contributed by atoms with van der Waals surface area (Å²) in [5.41, 5.74) is 9.63. The molecule has 40 heavy (non-hydrogen) atoms. The first-order valence-electron chi connectivity index (χ1n) is 13.1. The van der Waals surface area contributed by atoms with Crippen LogP contribution in [0.2, 0.25) is 0 Å². The summed E-state index contributed by atoms with van der Waals surface area (Å²) >= 11 is 0. The molecule has 7 nitrogen and oxygen atoms in total. The van der Waals surface area contributed by atoms with Gasteiger partial charge in [0.25, 0.3) is 0 Å². The predicted molar refractivity (Wildman–Crippen MR) is 154 cm³/mol. The van der Waals surface area contributed by atoms with E-state index in [-0.39, 0.29) is 5.78 Å². The molecule has 4 atom stereocenters. The Kier molecular flexibility index (Phi) is 7.64. The zero-order valence-corrected chi connectivity index (χ0v) is 22.4. The number of nitrogens with two attached hydrogens (primary N) is 1. The Bertz CT molecular complexity index is 1490. The lowest BCUT2D eigenvalue weighted by atomic mass is 9.76. The number of primary amides is 1. The number of nitrogens with one attached hydrogen (secondary N) is 1. The molecular formula is C33H31N3O4. The number of ketones is 1. The van der Waals surface area contributed by atoms with Crippen molar-refractivity contribution in [3.8, 4) is 5.75 Å². The van der Waals surface area contributed by atoms with Crippen molar-refractivity contribution in [1.82, 2.24) is 4.90 Å². The van der Waals surface area contributed by atoms with Gasteiger partial charge in [-0.25, -0.2) is 4.79 Å². The van der Waals surface area contributed by atoms with Crippen molar-refractivity contribution in [2.75, 3.05) is 12.4 Å². The molecule has 0 aliphatic carbocycles. The largest absolute Gasteiger partial charge is 0.497 e. The van der Waals surface area contributed by atoms with Gasteiger partial charge >= 0.3 is 6.03 Å². The molecule has 0 radical (unpaired) electrons. The smallest absolute Gasteiger partial charge is 0.323 e. The SMILES string of the molecule is COc1ccc(NC(=O)N2C(C(N)=O)C(c3ccccc3)C(C(=O)c3ccccc3)C2c2ccc(C)cc2)cc1. The summed E-state index contributed by atoms with van der Waals surface area (Å²) in [5, 5.41) is 2.91. The molecule has 7 heteroatoms. The normalized spacial score (nSPS) is 20.1. The Morgan fingerprint density at radius 2 is 1.38 bits per heavy atom. The van der Waals surface area contributed by atoms with E-state index in [0.29, 0.717) is 17.0 Å². The van der Waals surface area contributed by atoms with Crippen molar-refractivity contribution in [2.45, 2.75) is 24.9 Å². The van der Waals surface area contributed by atoms with Crippen LogP contribution in [-0.4, -0.2) is 35.8 Å². The van der Waals surface area contributed by atoms with Crippen LogP contribution < -0.4 is 15.8 Å². The van der Waals surface area contributed by atoms with Gasteiger partial charge in [-0.05, 0) is 42.3 Å². The fourth-order valence-corrected chi connectivity index (χ4v) is 5.64. The van der Waals surface area contributed by atoms with Gasteiger partial charge in [0.05, 0.1) is 19.1 Å². The molecule has 4 aromatic rings. The number of carbonyl (C=O) groups is 3. The molecule has 1 aliphatic heterocycles. The van der Waals surface area contributed by atoms with E-state index in [1.807, 2.05) is 67.6 Å². The van der Waals surface area contributed by atoms with Gasteiger partial charge in [-0.1, -0.05) is 90.5 Å². The van der Waals surface area contributed by atoms with Crippen LogP contribution in [0, 0.1) is 12.8 Å². The van der Waals surface area contributed by atoms with Crippen molar-refractivity contribution in [2.24, 2.45) is 11.7 Å². The van der Waals surface area contributed by atoms with Gasteiger partial charge in [0, 0.05) is 17.2 Å². The van der Waals surface area contributed by atoms with Crippen molar-refractivity contribution in [3.05, 3.63) is 131 Å². The Labute approximate surface area is 233 Å². The number of urea groups is 1. The van der Waals surface area contributed by atoms with Gasteiger partial charge in [0.15, 0.2) is 5.78 Å². The number of hydrogen-bond donors (Lipinski definition) is 2. The third-order valence-corrected chi connectivity index (χ3v) is 7.50. The van der Waals surface area contributed by atoms with Gasteiger partial charge in [0.1, 0.15) is 11.8 Å². The van der Waals surface area contributed by atoms with Gasteiger partial charge < -0.3 is 20.7 Å².